The molecule has 2 unspecified atom stereocenters. The van der Waals surface area contributed by atoms with Crippen molar-refractivity contribution in [2.24, 2.45) is 0 Å². The van der Waals surface area contributed by atoms with Crippen LogP contribution in [0.3, 0.4) is 0 Å². The van der Waals surface area contributed by atoms with Crippen LogP contribution >= 0.6 is 0 Å². The number of nitrogens with one attached hydrogen (secondary N) is 1. The van der Waals surface area contributed by atoms with Crippen LogP contribution in [0.25, 0.3) is 0 Å². The predicted octanol–water partition coefficient (Wildman–Crippen LogP) is 1.14. The van der Waals surface area contributed by atoms with E-state index in [-0.39, 0.29) is 5.75 Å². The molecule has 0 spiro atoms. The lowest BCUT2D eigenvalue weighted by Gasteiger charge is -2.12. The zero-order valence-electron chi connectivity index (χ0n) is 11.8. The van der Waals surface area contributed by atoms with Gasteiger partial charge in [0.05, 0.1) is 0 Å². The molecule has 2 N–H and O–H groups in total. The molecule has 0 aliphatic carbocycles. The fourth-order valence-electron chi connectivity index (χ4n) is 1.66. The molecule has 1 aromatic rings. The van der Waals surface area contributed by atoms with Gasteiger partial charge in [0.25, 0.3) is 0 Å². The second kappa shape index (κ2) is 7.19. The number of aliphatic carboxylic acids is 1. The quantitative estimate of drug-likeness (QED) is 0.825. The molecule has 0 saturated carbocycles. The molecule has 0 aromatic heterocycles. The molecule has 2 atom stereocenters. The number of carbonyl (C=O) groups excluding carboxylic acids is 1. The summed E-state index contributed by atoms with van der Waals surface area (Å²) in [7, 11) is -1.38. The summed E-state index contributed by atoms with van der Waals surface area (Å²) in [5.74, 6) is -1.34. The fourth-order valence-corrected chi connectivity index (χ4v) is 2.85. The van der Waals surface area contributed by atoms with Gasteiger partial charge in [-0.05, 0) is 31.9 Å². The van der Waals surface area contributed by atoms with Gasteiger partial charge in [0, 0.05) is 16.6 Å². The zero-order valence-corrected chi connectivity index (χ0v) is 12.6. The molecule has 0 heterocycles. The lowest BCUT2D eigenvalue weighted by atomic mass is 10.1. The van der Waals surface area contributed by atoms with Gasteiger partial charge in [-0.3, -0.25) is 13.8 Å². The van der Waals surface area contributed by atoms with Gasteiger partial charge in [-0.2, -0.15) is 0 Å². The Morgan fingerprint density at radius 2 is 2.00 bits per heavy atom. The molecular weight excluding hydrogens is 278 g/mol. The molecule has 1 aromatic carbocycles. The van der Waals surface area contributed by atoms with E-state index in [9.17, 15) is 13.8 Å². The smallest absolute Gasteiger partial charge is 0.322 e. The molecule has 0 aliphatic heterocycles. The Morgan fingerprint density at radius 3 is 2.60 bits per heavy atom. The number of carboxylic acid groups (broad SMARTS) is 1. The van der Waals surface area contributed by atoms with Crippen LogP contribution in [0, 0.1) is 13.8 Å². The lowest BCUT2D eigenvalue weighted by Crippen LogP contribution is -2.38. The van der Waals surface area contributed by atoms with Gasteiger partial charge in [-0.25, -0.2) is 0 Å². The summed E-state index contributed by atoms with van der Waals surface area (Å²) in [6.45, 7) is 4.97. The summed E-state index contributed by atoms with van der Waals surface area (Å²) in [5, 5.41) is 10.00. The third-order valence-corrected chi connectivity index (χ3v) is 4.58. The number of benzene rings is 1. The van der Waals surface area contributed by atoms with Crippen LogP contribution in [0.1, 0.15) is 23.6 Å². The van der Waals surface area contributed by atoms with E-state index in [0.29, 0.717) is 0 Å². The summed E-state index contributed by atoms with van der Waals surface area (Å²) in [6, 6.07) is 5.89. The van der Waals surface area contributed by atoms with Gasteiger partial charge in [0.15, 0.2) is 0 Å². The molecule has 0 saturated heterocycles. The van der Waals surface area contributed by atoms with Crippen LogP contribution < -0.4 is 5.32 Å². The largest absolute Gasteiger partial charge is 0.480 e. The number of carbonyl (C=O) groups is 2. The van der Waals surface area contributed by atoms with Gasteiger partial charge < -0.3 is 10.4 Å². The molecule has 0 radical (unpaired) electrons. The monoisotopic (exact) mass is 297 g/mol. The normalized spacial score (nSPS) is 13.6. The zero-order chi connectivity index (χ0) is 15.3. The van der Waals surface area contributed by atoms with Gasteiger partial charge in [0.1, 0.15) is 11.8 Å². The number of amides is 1. The minimum absolute atomic E-state index is 0.287. The third kappa shape index (κ3) is 4.77. The van der Waals surface area contributed by atoms with E-state index < -0.39 is 34.5 Å². The highest BCUT2D eigenvalue weighted by atomic mass is 32.2. The molecule has 1 amide bonds. The van der Waals surface area contributed by atoms with Crippen molar-refractivity contribution in [1.82, 2.24) is 5.32 Å². The van der Waals surface area contributed by atoms with Crippen LogP contribution in [0.15, 0.2) is 18.2 Å². The number of hydrogen-bond acceptors (Lipinski definition) is 3. The van der Waals surface area contributed by atoms with E-state index >= 15 is 0 Å². The number of carboxylic acids is 1. The van der Waals surface area contributed by atoms with E-state index in [4.69, 9.17) is 5.11 Å². The molecule has 0 bridgehead atoms. The van der Waals surface area contributed by atoms with Crippen LogP contribution in [-0.2, 0) is 26.1 Å². The topological polar surface area (TPSA) is 83.5 Å². The maximum atomic E-state index is 12.2. The lowest BCUT2D eigenvalue weighted by molar-refractivity contribution is -0.137. The van der Waals surface area contributed by atoms with E-state index in [2.05, 4.69) is 5.32 Å². The second-order valence-electron chi connectivity index (χ2n) is 4.71. The molecule has 20 heavy (non-hydrogen) atoms. The Labute approximate surface area is 120 Å². The minimum atomic E-state index is -1.38. The highest BCUT2D eigenvalue weighted by molar-refractivity contribution is 7.85. The Hall–Kier alpha value is -1.69. The average Bonchev–Trinajstić information content (AvgIpc) is 2.39. The minimum Gasteiger partial charge on any atom is -0.480 e. The molecule has 5 nitrogen and oxygen atoms in total. The maximum absolute atomic E-state index is 12.2. The number of hydrogen-bond donors (Lipinski definition) is 2. The highest BCUT2D eigenvalue weighted by Crippen LogP contribution is 2.14. The van der Waals surface area contributed by atoms with Gasteiger partial charge in [0.2, 0.25) is 5.91 Å². The number of rotatable bonds is 6. The summed E-state index contributed by atoms with van der Waals surface area (Å²) >= 11 is 0. The van der Waals surface area contributed by atoms with Crippen molar-refractivity contribution in [3.05, 3.63) is 34.9 Å². The molecule has 0 aliphatic rings. The van der Waals surface area contributed by atoms with Crippen molar-refractivity contribution in [1.29, 1.82) is 0 Å². The molecule has 110 valence electrons. The van der Waals surface area contributed by atoms with Crippen LogP contribution in [0.5, 0.6) is 0 Å². The third-order valence-electron chi connectivity index (χ3n) is 2.98. The van der Waals surface area contributed by atoms with E-state index in [1.54, 1.807) is 6.92 Å². The van der Waals surface area contributed by atoms with Crippen LogP contribution in [-0.4, -0.2) is 33.0 Å². The Morgan fingerprint density at radius 1 is 1.35 bits per heavy atom. The van der Waals surface area contributed by atoms with Gasteiger partial charge in [-0.15, -0.1) is 0 Å². The molecule has 6 heteroatoms. The second-order valence-corrected chi connectivity index (χ2v) is 6.47. The molecule has 0 fully saturated rings. The average molecular weight is 297 g/mol. The van der Waals surface area contributed by atoms with Crippen molar-refractivity contribution in [2.75, 3.05) is 6.54 Å². The highest BCUT2D eigenvalue weighted by Gasteiger charge is 2.21. The van der Waals surface area contributed by atoms with Gasteiger partial charge in [-0.1, -0.05) is 23.8 Å². The summed E-state index contributed by atoms with van der Waals surface area (Å²) < 4.78 is 12.2. The Balaban J connectivity index is 2.68. The summed E-state index contributed by atoms with van der Waals surface area (Å²) in [6.07, 6.45) is 0. The van der Waals surface area contributed by atoms with Crippen LogP contribution in [0.2, 0.25) is 0 Å². The first-order chi connectivity index (χ1) is 9.31. The standard InChI is InChI=1S/C14H19NO4S/c1-9-4-5-10(2)12(6-9)8-20(19)11(3)14(18)15-7-13(16)17/h4-6,11H,7-8H2,1-3H3,(H,15,18)(H,16,17). The van der Waals surface area contributed by atoms with Crippen molar-refractivity contribution in [3.63, 3.8) is 0 Å². The van der Waals surface area contributed by atoms with Gasteiger partial charge >= 0.3 is 5.97 Å². The Bertz CT molecular complexity index is 542. The van der Waals surface area contributed by atoms with E-state index in [0.717, 1.165) is 16.7 Å². The van der Waals surface area contributed by atoms with Crippen molar-refractivity contribution in [2.45, 2.75) is 31.8 Å². The fraction of sp³-hybridized carbons (Fsp3) is 0.429. The first-order valence-corrected chi connectivity index (χ1v) is 7.62. The number of aryl methyl sites for hydroxylation is 2. The first kappa shape index (κ1) is 16.4. The maximum Gasteiger partial charge on any atom is 0.322 e. The first-order valence-electron chi connectivity index (χ1n) is 6.24. The summed E-state index contributed by atoms with van der Waals surface area (Å²) in [4.78, 5) is 22.0. The predicted molar refractivity (Wildman–Crippen MR) is 77.9 cm³/mol. The SMILES string of the molecule is Cc1ccc(C)c(CS(=O)C(C)C(=O)NCC(=O)O)c1. The van der Waals surface area contributed by atoms with Crippen molar-refractivity contribution < 1.29 is 18.9 Å². The van der Waals surface area contributed by atoms with Crippen molar-refractivity contribution >= 4 is 22.7 Å². The van der Waals surface area contributed by atoms with Crippen molar-refractivity contribution in [3.8, 4) is 0 Å². The van der Waals surface area contributed by atoms with E-state index in [1.807, 2.05) is 32.0 Å². The molecule has 1 rings (SSSR count). The van der Waals surface area contributed by atoms with E-state index in [1.165, 1.54) is 0 Å². The Kier molecular flexibility index (Phi) is 5.88. The molecular formula is C14H19NO4S. The summed E-state index contributed by atoms with van der Waals surface area (Å²) in [5.41, 5.74) is 3.05. The van der Waals surface area contributed by atoms with Crippen LogP contribution in [0.4, 0.5) is 0 Å².